The molecule has 1 aromatic carbocycles. The zero-order valence-corrected chi connectivity index (χ0v) is 9.73. The van der Waals surface area contributed by atoms with Crippen molar-refractivity contribution in [3.8, 4) is 0 Å². The second-order valence-electron chi connectivity index (χ2n) is 2.77. The van der Waals surface area contributed by atoms with Crippen LogP contribution in [-0.4, -0.2) is 18.4 Å². The Bertz CT molecular complexity index is 446. The minimum atomic E-state index is -1.08. The zero-order chi connectivity index (χ0) is 12.3. The highest BCUT2D eigenvalue weighted by molar-refractivity contribution is 6.46. The van der Waals surface area contributed by atoms with Gasteiger partial charge in [-0.1, -0.05) is 23.2 Å². The van der Waals surface area contributed by atoms with Crippen molar-refractivity contribution in [1.82, 2.24) is 0 Å². The van der Waals surface area contributed by atoms with E-state index < -0.39 is 22.6 Å². The number of hydrogen-bond acceptors (Lipinski definition) is 3. The second kappa shape index (κ2) is 5.27. The minimum absolute atomic E-state index is 0.0538. The Morgan fingerprint density at radius 1 is 1.38 bits per heavy atom. The summed E-state index contributed by atoms with van der Waals surface area (Å²) in [7, 11) is 0. The van der Waals surface area contributed by atoms with Crippen molar-refractivity contribution >= 4 is 35.0 Å². The Morgan fingerprint density at radius 3 is 2.56 bits per heavy atom. The molecule has 0 aromatic heterocycles. The molecule has 86 valence electrons. The molecule has 0 bridgehead atoms. The lowest BCUT2D eigenvalue weighted by Gasteiger charge is -2.04. The molecule has 0 spiro atoms. The summed E-state index contributed by atoms with van der Waals surface area (Å²) in [5, 5.41) is -0.698. The molecule has 0 amide bonds. The molecular weight excluding hydrogens is 258 g/mol. The van der Waals surface area contributed by atoms with Gasteiger partial charge < -0.3 is 4.74 Å². The Kier molecular flexibility index (Phi) is 4.26. The quantitative estimate of drug-likeness (QED) is 0.365. The Labute approximate surface area is 101 Å². The Balaban J connectivity index is 3.10. The van der Waals surface area contributed by atoms with E-state index in [2.05, 4.69) is 4.74 Å². The maximum Gasteiger partial charge on any atom is 0.379 e. The number of halogens is 3. The molecule has 0 aliphatic rings. The van der Waals surface area contributed by atoms with Crippen LogP contribution in [0.1, 0.15) is 17.3 Å². The van der Waals surface area contributed by atoms with E-state index in [4.69, 9.17) is 23.2 Å². The fourth-order valence-electron chi connectivity index (χ4n) is 1.01. The first-order valence-electron chi connectivity index (χ1n) is 4.34. The van der Waals surface area contributed by atoms with Gasteiger partial charge in [-0.05, 0) is 19.1 Å². The molecule has 16 heavy (non-hydrogen) atoms. The number of ether oxygens (including phenoxy) is 1. The van der Waals surface area contributed by atoms with Crippen molar-refractivity contribution in [2.45, 2.75) is 6.92 Å². The number of benzene rings is 1. The normalized spacial score (nSPS) is 10.0. The third-order valence-corrected chi connectivity index (χ3v) is 2.40. The molecule has 0 saturated carbocycles. The molecule has 3 nitrogen and oxygen atoms in total. The molecule has 0 unspecified atom stereocenters. The number of ketones is 1. The van der Waals surface area contributed by atoms with E-state index in [0.29, 0.717) is 0 Å². The SMILES string of the molecule is CCOC(=O)C(=O)c1ccc(Cl)c(F)c1Cl. The summed E-state index contributed by atoms with van der Waals surface area (Å²) >= 11 is 11.0. The molecule has 0 heterocycles. The Morgan fingerprint density at radius 2 is 2.00 bits per heavy atom. The van der Waals surface area contributed by atoms with Gasteiger partial charge in [0.05, 0.1) is 22.2 Å². The van der Waals surface area contributed by atoms with E-state index in [1.54, 1.807) is 6.92 Å². The van der Waals surface area contributed by atoms with Gasteiger partial charge in [0, 0.05) is 0 Å². The summed E-state index contributed by atoms with van der Waals surface area (Å²) in [5.41, 5.74) is -0.262. The van der Waals surface area contributed by atoms with Crippen LogP contribution < -0.4 is 0 Å². The van der Waals surface area contributed by atoms with Crippen LogP contribution in [-0.2, 0) is 9.53 Å². The molecule has 0 N–H and O–H groups in total. The van der Waals surface area contributed by atoms with Crippen molar-refractivity contribution in [2.24, 2.45) is 0 Å². The lowest BCUT2D eigenvalue weighted by atomic mass is 10.1. The number of esters is 1. The fraction of sp³-hybridized carbons (Fsp3) is 0.200. The van der Waals surface area contributed by atoms with E-state index in [9.17, 15) is 14.0 Å². The van der Waals surface area contributed by atoms with Crippen molar-refractivity contribution in [3.05, 3.63) is 33.6 Å². The molecule has 1 aromatic rings. The summed E-state index contributed by atoms with van der Waals surface area (Å²) in [6.45, 7) is 1.60. The van der Waals surface area contributed by atoms with Crippen LogP contribution >= 0.6 is 23.2 Å². The van der Waals surface area contributed by atoms with Crippen molar-refractivity contribution < 1.29 is 18.7 Å². The van der Waals surface area contributed by atoms with Crippen molar-refractivity contribution in [2.75, 3.05) is 6.61 Å². The van der Waals surface area contributed by atoms with Crippen LogP contribution in [0.5, 0.6) is 0 Å². The largest absolute Gasteiger partial charge is 0.460 e. The molecule has 0 saturated heterocycles. The van der Waals surface area contributed by atoms with E-state index >= 15 is 0 Å². The van der Waals surface area contributed by atoms with Crippen molar-refractivity contribution in [3.63, 3.8) is 0 Å². The Hall–Kier alpha value is -1.13. The van der Waals surface area contributed by atoms with Crippen molar-refractivity contribution in [1.29, 1.82) is 0 Å². The van der Waals surface area contributed by atoms with Crippen LogP contribution in [0.15, 0.2) is 12.1 Å². The van der Waals surface area contributed by atoms with Gasteiger partial charge in [-0.3, -0.25) is 4.79 Å². The minimum Gasteiger partial charge on any atom is -0.460 e. The number of Topliss-reactive ketones (excluding diaryl/α,β-unsaturated/α-hetero) is 1. The van der Waals surface area contributed by atoms with Gasteiger partial charge in [-0.2, -0.15) is 0 Å². The second-order valence-corrected chi connectivity index (χ2v) is 3.56. The molecular formula is C10H7Cl2FO3. The lowest BCUT2D eigenvalue weighted by Crippen LogP contribution is -2.18. The van der Waals surface area contributed by atoms with Crippen LogP contribution in [0.25, 0.3) is 0 Å². The van der Waals surface area contributed by atoms with Gasteiger partial charge in [0.15, 0.2) is 5.82 Å². The van der Waals surface area contributed by atoms with E-state index in [1.807, 2.05) is 0 Å². The van der Waals surface area contributed by atoms with Crippen LogP contribution in [0.4, 0.5) is 4.39 Å². The molecule has 0 aliphatic heterocycles. The van der Waals surface area contributed by atoms with Gasteiger partial charge in [0.1, 0.15) is 0 Å². The standard InChI is InChI=1S/C10H7Cl2FO3/c1-2-16-10(15)9(14)5-3-4-6(11)8(13)7(5)12/h3-4H,2H2,1H3. The zero-order valence-electron chi connectivity index (χ0n) is 8.22. The fourth-order valence-corrected chi connectivity index (χ4v) is 1.46. The highest BCUT2D eigenvalue weighted by Gasteiger charge is 2.23. The smallest absolute Gasteiger partial charge is 0.379 e. The van der Waals surface area contributed by atoms with Crippen LogP contribution in [0.2, 0.25) is 10.0 Å². The number of carbonyl (C=O) groups is 2. The summed E-state index contributed by atoms with van der Waals surface area (Å²) in [5.74, 6) is -3.01. The predicted octanol–water partition coefficient (Wildman–Crippen LogP) is 2.88. The van der Waals surface area contributed by atoms with Gasteiger partial charge in [0.2, 0.25) is 0 Å². The maximum absolute atomic E-state index is 13.2. The topological polar surface area (TPSA) is 43.4 Å². The summed E-state index contributed by atoms with van der Waals surface area (Å²) in [6, 6.07) is 2.32. The number of rotatable bonds is 3. The van der Waals surface area contributed by atoms with Gasteiger partial charge in [-0.15, -0.1) is 0 Å². The van der Waals surface area contributed by atoms with Gasteiger partial charge >= 0.3 is 5.97 Å². The van der Waals surface area contributed by atoms with Gasteiger partial charge in [0.25, 0.3) is 5.78 Å². The average molecular weight is 265 g/mol. The van der Waals surface area contributed by atoms with Crippen LogP contribution in [0, 0.1) is 5.82 Å². The number of hydrogen-bond donors (Lipinski definition) is 0. The maximum atomic E-state index is 13.2. The first-order valence-corrected chi connectivity index (χ1v) is 5.09. The average Bonchev–Trinajstić information content (AvgIpc) is 2.26. The van der Waals surface area contributed by atoms with E-state index in [1.165, 1.54) is 6.07 Å². The first-order chi connectivity index (χ1) is 7.49. The third kappa shape index (κ3) is 2.51. The first kappa shape index (κ1) is 12.9. The summed E-state index contributed by atoms with van der Waals surface area (Å²) in [4.78, 5) is 22.6. The highest BCUT2D eigenvalue weighted by Crippen LogP contribution is 2.26. The molecule has 0 aliphatic carbocycles. The highest BCUT2D eigenvalue weighted by atomic mass is 35.5. The molecule has 0 radical (unpaired) electrons. The van der Waals surface area contributed by atoms with Gasteiger partial charge in [-0.25, -0.2) is 9.18 Å². The summed E-state index contributed by atoms with van der Waals surface area (Å²) in [6.07, 6.45) is 0. The van der Waals surface area contributed by atoms with E-state index in [-0.39, 0.29) is 17.2 Å². The predicted molar refractivity (Wildman–Crippen MR) is 57.4 cm³/mol. The summed E-state index contributed by atoms with van der Waals surface area (Å²) < 4.78 is 17.7. The lowest BCUT2D eigenvalue weighted by molar-refractivity contribution is -0.137. The molecule has 0 fully saturated rings. The van der Waals surface area contributed by atoms with Crippen LogP contribution in [0.3, 0.4) is 0 Å². The molecule has 0 atom stereocenters. The molecule has 6 heteroatoms. The van der Waals surface area contributed by atoms with E-state index in [0.717, 1.165) is 6.07 Å². The monoisotopic (exact) mass is 264 g/mol. The third-order valence-electron chi connectivity index (χ3n) is 1.74. The molecule has 1 rings (SSSR count). The number of carbonyl (C=O) groups excluding carboxylic acids is 2.